The maximum Gasteiger partial charge on any atom is 0.201 e. The Labute approximate surface area is 117 Å². The molecule has 18 heavy (non-hydrogen) atoms. The van der Waals surface area contributed by atoms with Gasteiger partial charge >= 0.3 is 0 Å². The summed E-state index contributed by atoms with van der Waals surface area (Å²) in [7, 11) is 0. The van der Waals surface area contributed by atoms with E-state index in [0.717, 1.165) is 26.1 Å². The molecule has 0 saturated heterocycles. The van der Waals surface area contributed by atoms with Crippen molar-refractivity contribution in [3.63, 3.8) is 0 Å². The monoisotopic (exact) mass is 354 g/mol. The van der Waals surface area contributed by atoms with E-state index in [4.69, 9.17) is 10.3 Å². The maximum atomic E-state index is 5.95. The van der Waals surface area contributed by atoms with Crippen molar-refractivity contribution in [2.75, 3.05) is 5.73 Å². The van der Waals surface area contributed by atoms with Gasteiger partial charge in [0.25, 0.3) is 0 Å². The molecule has 2 heterocycles. The number of hydrogen-bond donors (Lipinski definition) is 1. The minimum absolute atomic E-state index is 0.487. The number of imidazole rings is 1. The molecule has 0 aliphatic carbocycles. The van der Waals surface area contributed by atoms with Crippen molar-refractivity contribution >= 4 is 39.6 Å². The fourth-order valence-electron chi connectivity index (χ4n) is 1.93. The highest BCUT2D eigenvalue weighted by Crippen LogP contribution is 2.21. The van der Waals surface area contributed by atoms with E-state index in [1.807, 2.05) is 35.8 Å². The Morgan fingerprint density at radius 3 is 2.94 bits per heavy atom. The summed E-state index contributed by atoms with van der Waals surface area (Å²) >= 11 is 2.26. The Morgan fingerprint density at radius 2 is 2.22 bits per heavy atom. The molecule has 0 spiro atoms. The molecule has 2 N–H and O–H groups in total. The second-order valence-corrected chi connectivity index (χ2v) is 5.37. The number of halogens is 1. The third-order valence-electron chi connectivity index (χ3n) is 2.73. The molecule has 0 saturated carbocycles. The molecule has 0 aliphatic rings. The molecular weight excluding hydrogens is 343 g/mol. The molecule has 0 unspecified atom stereocenters. The van der Waals surface area contributed by atoms with E-state index in [1.54, 1.807) is 0 Å². The lowest BCUT2D eigenvalue weighted by Gasteiger charge is -2.02. The van der Waals surface area contributed by atoms with Gasteiger partial charge in [0.15, 0.2) is 5.76 Å². The molecule has 0 aliphatic heterocycles. The Bertz CT molecular complexity index is 716. The van der Waals surface area contributed by atoms with E-state index in [2.05, 4.69) is 32.7 Å². The first-order valence-electron chi connectivity index (χ1n) is 5.47. The van der Waals surface area contributed by atoms with Crippen LogP contribution in [-0.2, 0) is 6.54 Å². The Morgan fingerprint density at radius 1 is 1.39 bits per heavy atom. The number of hydrogen-bond acceptors (Lipinski definition) is 4. The Hall–Kier alpha value is -1.57. The van der Waals surface area contributed by atoms with Crippen LogP contribution in [0, 0.1) is 10.5 Å². The molecule has 6 heteroatoms. The SMILES string of the molecule is Cc1cc(Cn2c(N)nc3cc(I)ccc32)on1. The van der Waals surface area contributed by atoms with Crippen LogP contribution in [0.1, 0.15) is 11.5 Å². The van der Waals surface area contributed by atoms with E-state index in [0.29, 0.717) is 12.5 Å². The van der Waals surface area contributed by atoms with Crippen LogP contribution in [0.25, 0.3) is 11.0 Å². The summed E-state index contributed by atoms with van der Waals surface area (Å²) in [6.07, 6.45) is 0. The van der Waals surface area contributed by atoms with Crippen LogP contribution in [0.2, 0.25) is 0 Å². The zero-order valence-corrected chi connectivity index (χ0v) is 11.9. The van der Waals surface area contributed by atoms with Gasteiger partial charge in [0.2, 0.25) is 5.95 Å². The number of nitrogens with two attached hydrogens (primary N) is 1. The lowest BCUT2D eigenvalue weighted by Crippen LogP contribution is -2.03. The van der Waals surface area contributed by atoms with E-state index in [1.165, 1.54) is 0 Å². The minimum atomic E-state index is 0.487. The van der Waals surface area contributed by atoms with E-state index in [-0.39, 0.29) is 0 Å². The van der Waals surface area contributed by atoms with Gasteiger partial charge in [-0.25, -0.2) is 4.98 Å². The summed E-state index contributed by atoms with van der Waals surface area (Å²) in [5, 5.41) is 3.87. The summed E-state index contributed by atoms with van der Waals surface area (Å²) in [4.78, 5) is 4.35. The quantitative estimate of drug-likeness (QED) is 0.719. The van der Waals surface area contributed by atoms with Crippen LogP contribution in [-0.4, -0.2) is 14.7 Å². The summed E-state index contributed by atoms with van der Waals surface area (Å²) in [6, 6.07) is 7.96. The molecule has 92 valence electrons. The van der Waals surface area contributed by atoms with Crippen LogP contribution in [0.15, 0.2) is 28.8 Å². The number of aromatic nitrogens is 3. The number of rotatable bonds is 2. The van der Waals surface area contributed by atoms with Crippen molar-refractivity contribution in [3.8, 4) is 0 Å². The maximum absolute atomic E-state index is 5.95. The van der Waals surface area contributed by atoms with Crippen LogP contribution in [0.5, 0.6) is 0 Å². The zero-order valence-electron chi connectivity index (χ0n) is 9.72. The standard InChI is InChI=1S/C12H11IN4O/c1-7-4-9(18-16-7)6-17-11-3-2-8(13)5-10(11)15-12(17)14/h2-5H,6H2,1H3,(H2,14,15). The predicted octanol–water partition coefficient (Wildman–Crippen LogP) is 2.57. The fourth-order valence-corrected chi connectivity index (χ4v) is 2.41. The first-order chi connectivity index (χ1) is 8.63. The molecule has 0 fully saturated rings. The van der Waals surface area contributed by atoms with Crippen molar-refractivity contribution in [2.45, 2.75) is 13.5 Å². The van der Waals surface area contributed by atoms with E-state index in [9.17, 15) is 0 Å². The zero-order chi connectivity index (χ0) is 12.7. The summed E-state index contributed by atoms with van der Waals surface area (Å²) in [5.74, 6) is 1.26. The molecule has 0 radical (unpaired) electrons. The summed E-state index contributed by atoms with van der Waals surface area (Å²) in [5.41, 5.74) is 8.71. The number of anilines is 1. The largest absolute Gasteiger partial charge is 0.369 e. The summed E-state index contributed by atoms with van der Waals surface area (Å²) in [6.45, 7) is 2.44. The van der Waals surface area contributed by atoms with Crippen molar-refractivity contribution in [3.05, 3.63) is 39.3 Å². The van der Waals surface area contributed by atoms with Gasteiger partial charge in [-0.05, 0) is 47.7 Å². The second-order valence-electron chi connectivity index (χ2n) is 4.12. The van der Waals surface area contributed by atoms with Crippen LogP contribution >= 0.6 is 22.6 Å². The average molecular weight is 354 g/mol. The second kappa shape index (κ2) is 4.27. The van der Waals surface area contributed by atoms with E-state index >= 15 is 0 Å². The molecule has 1 aromatic carbocycles. The van der Waals surface area contributed by atoms with Gasteiger partial charge in [0.1, 0.15) is 0 Å². The van der Waals surface area contributed by atoms with Crippen LogP contribution < -0.4 is 5.73 Å². The van der Waals surface area contributed by atoms with Gasteiger partial charge in [-0.2, -0.15) is 0 Å². The minimum Gasteiger partial charge on any atom is -0.369 e. The highest BCUT2D eigenvalue weighted by Gasteiger charge is 2.11. The third-order valence-corrected chi connectivity index (χ3v) is 3.40. The molecule has 2 aromatic heterocycles. The first kappa shape index (κ1) is 11.5. The highest BCUT2D eigenvalue weighted by molar-refractivity contribution is 14.1. The molecule has 3 rings (SSSR count). The molecular formula is C12H11IN4O. The predicted molar refractivity (Wildman–Crippen MR) is 77.2 cm³/mol. The molecule has 5 nitrogen and oxygen atoms in total. The van der Waals surface area contributed by atoms with Crippen molar-refractivity contribution in [1.29, 1.82) is 0 Å². The summed E-state index contributed by atoms with van der Waals surface area (Å²) < 4.78 is 8.27. The normalized spacial score (nSPS) is 11.2. The molecule has 0 atom stereocenters. The van der Waals surface area contributed by atoms with Gasteiger partial charge in [0, 0.05) is 9.64 Å². The third kappa shape index (κ3) is 1.96. The lowest BCUT2D eigenvalue weighted by atomic mass is 10.3. The highest BCUT2D eigenvalue weighted by atomic mass is 127. The number of fused-ring (bicyclic) bond motifs is 1. The number of aryl methyl sites for hydroxylation is 1. The van der Waals surface area contributed by atoms with E-state index < -0.39 is 0 Å². The number of nitrogen functional groups attached to an aromatic ring is 1. The average Bonchev–Trinajstić information content (AvgIpc) is 2.84. The molecule has 3 aromatic rings. The number of nitrogens with zero attached hydrogens (tertiary/aromatic N) is 3. The van der Waals surface area contributed by atoms with Gasteiger partial charge in [0.05, 0.1) is 23.3 Å². The molecule has 0 bridgehead atoms. The van der Waals surface area contributed by atoms with Crippen LogP contribution in [0.4, 0.5) is 5.95 Å². The van der Waals surface area contributed by atoms with Gasteiger partial charge in [-0.1, -0.05) is 5.16 Å². The molecule has 0 amide bonds. The fraction of sp³-hybridized carbons (Fsp3) is 0.167. The van der Waals surface area contributed by atoms with Crippen molar-refractivity contribution in [2.24, 2.45) is 0 Å². The topological polar surface area (TPSA) is 69.9 Å². The van der Waals surface area contributed by atoms with Gasteiger partial charge in [-0.15, -0.1) is 0 Å². The van der Waals surface area contributed by atoms with Crippen molar-refractivity contribution in [1.82, 2.24) is 14.7 Å². The number of benzene rings is 1. The van der Waals surface area contributed by atoms with Crippen LogP contribution in [0.3, 0.4) is 0 Å². The van der Waals surface area contributed by atoms with Gasteiger partial charge in [-0.3, -0.25) is 0 Å². The van der Waals surface area contributed by atoms with Gasteiger partial charge < -0.3 is 14.8 Å². The lowest BCUT2D eigenvalue weighted by molar-refractivity contribution is 0.374. The van der Waals surface area contributed by atoms with Crippen molar-refractivity contribution < 1.29 is 4.52 Å². The Kier molecular flexibility index (Phi) is 2.73. The first-order valence-corrected chi connectivity index (χ1v) is 6.55. The smallest absolute Gasteiger partial charge is 0.201 e. The Balaban J connectivity index is 2.08.